The number of fused-ring (bicyclic) bond motifs is 1. The molecule has 0 saturated heterocycles. The molecule has 1 N–H and O–H groups in total. The smallest absolute Gasteiger partial charge is 0.134 e. The molecule has 1 unspecified atom stereocenters. The first kappa shape index (κ1) is 13.9. The summed E-state index contributed by atoms with van der Waals surface area (Å²) in [6, 6.07) is 14.3. The molecule has 108 valence electrons. The summed E-state index contributed by atoms with van der Waals surface area (Å²) in [6.07, 6.45) is -0.0419. The van der Waals surface area contributed by atoms with Gasteiger partial charge in [0.2, 0.25) is 0 Å². The normalized spacial score (nSPS) is 12.8. The third-order valence-corrected chi connectivity index (χ3v) is 4.02. The Labute approximate surface area is 125 Å². The molecular formula is C19H20O2. The molecule has 0 fully saturated rings. The summed E-state index contributed by atoms with van der Waals surface area (Å²) in [5.41, 5.74) is 5.67. The zero-order valence-electron chi connectivity index (χ0n) is 12.7. The summed E-state index contributed by atoms with van der Waals surface area (Å²) in [7, 11) is 0. The molecule has 0 aliphatic carbocycles. The molecule has 21 heavy (non-hydrogen) atoms. The standard InChI is InChI=1S/C19H20O2/c1-12-4-7-18-16(8-12)11-19(21-18)17(20)10-15-6-5-13(2)14(3)9-15/h4-9,11,17,20H,10H2,1-3H3. The Morgan fingerprint density at radius 2 is 1.76 bits per heavy atom. The Morgan fingerprint density at radius 1 is 0.952 bits per heavy atom. The number of hydrogen-bond acceptors (Lipinski definition) is 2. The van der Waals surface area contributed by atoms with Crippen molar-refractivity contribution in [3.05, 3.63) is 70.5 Å². The van der Waals surface area contributed by atoms with E-state index >= 15 is 0 Å². The van der Waals surface area contributed by atoms with Crippen molar-refractivity contribution in [2.24, 2.45) is 0 Å². The predicted molar refractivity (Wildman–Crippen MR) is 85.5 cm³/mol. The fourth-order valence-electron chi connectivity index (χ4n) is 2.60. The Morgan fingerprint density at radius 3 is 2.52 bits per heavy atom. The van der Waals surface area contributed by atoms with Crippen LogP contribution >= 0.6 is 0 Å². The summed E-state index contributed by atoms with van der Waals surface area (Å²) < 4.78 is 5.76. The molecular weight excluding hydrogens is 260 g/mol. The van der Waals surface area contributed by atoms with E-state index in [9.17, 15) is 5.11 Å². The van der Waals surface area contributed by atoms with Crippen LogP contribution in [0.15, 0.2) is 46.9 Å². The predicted octanol–water partition coefficient (Wildman–Crippen LogP) is 4.63. The minimum atomic E-state index is -0.611. The van der Waals surface area contributed by atoms with Gasteiger partial charge in [0.05, 0.1) is 0 Å². The minimum absolute atomic E-state index is 0.569. The van der Waals surface area contributed by atoms with Gasteiger partial charge in [-0.3, -0.25) is 0 Å². The molecule has 0 radical (unpaired) electrons. The summed E-state index contributed by atoms with van der Waals surface area (Å²) >= 11 is 0. The molecule has 2 heteroatoms. The molecule has 0 amide bonds. The van der Waals surface area contributed by atoms with E-state index in [4.69, 9.17) is 4.42 Å². The van der Waals surface area contributed by atoms with Crippen LogP contribution in [0.3, 0.4) is 0 Å². The van der Waals surface area contributed by atoms with Crippen molar-refractivity contribution in [2.45, 2.75) is 33.3 Å². The number of aliphatic hydroxyl groups excluding tert-OH is 1. The molecule has 1 aromatic heterocycles. The van der Waals surface area contributed by atoms with Gasteiger partial charge in [-0.15, -0.1) is 0 Å². The van der Waals surface area contributed by atoms with E-state index in [0.29, 0.717) is 12.2 Å². The lowest BCUT2D eigenvalue weighted by molar-refractivity contribution is 0.152. The van der Waals surface area contributed by atoms with Gasteiger partial charge in [-0.05, 0) is 55.7 Å². The maximum atomic E-state index is 10.4. The van der Waals surface area contributed by atoms with Crippen molar-refractivity contribution in [1.29, 1.82) is 0 Å². The van der Waals surface area contributed by atoms with Gasteiger partial charge in [0, 0.05) is 11.8 Å². The van der Waals surface area contributed by atoms with E-state index in [2.05, 4.69) is 45.0 Å². The second-order valence-corrected chi connectivity index (χ2v) is 5.83. The van der Waals surface area contributed by atoms with Gasteiger partial charge >= 0.3 is 0 Å². The third kappa shape index (κ3) is 2.86. The Hall–Kier alpha value is -2.06. The molecule has 0 saturated carbocycles. The van der Waals surface area contributed by atoms with Crippen molar-refractivity contribution < 1.29 is 9.52 Å². The van der Waals surface area contributed by atoms with Crippen LogP contribution in [0, 0.1) is 20.8 Å². The first-order valence-electron chi connectivity index (χ1n) is 7.27. The second kappa shape index (κ2) is 5.38. The molecule has 3 aromatic rings. The first-order chi connectivity index (χ1) is 10.0. The van der Waals surface area contributed by atoms with Crippen molar-refractivity contribution in [2.75, 3.05) is 0 Å². The van der Waals surface area contributed by atoms with Crippen LogP contribution in [0.5, 0.6) is 0 Å². The monoisotopic (exact) mass is 280 g/mol. The molecule has 3 rings (SSSR count). The van der Waals surface area contributed by atoms with Gasteiger partial charge in [0.1, 0.15) is 17.4 Å². The summed E-state index contributed by atoms with van der Waals surface area (Å²) in [5, 5.41) is 11.5. The molecule has 0 aliphatic rings. The highest BCUT2D eigenvalue weighted by Crippen LogP contribution is 2.27. The van der Waals surface area contributed by atoms with Crippen LogP contribution in [0.25, 0.3) is 11.0 Å². The van der Waals surface area contributed by atoms with Crippen LogP contribution in [-0.4, -0.2) is 5.11 Å². The zero-order valence-corrected chi connectivity index (χ0v) is 12.7. The molecule has 0 bridgehead atoms. The lowest BCUT2D eigenvalue weighted by Gasteiger charge is -2.09. The first-order valence-corrected chi connectivity index (χ1v) is 7.27. The fourth-order valence-corrected chi connectivity index (χ4v) is 2.60. The maximum Gasteiger partial charge on any atom is 0.134 e. The van der Waals surface area contributed by atoms with Crippen molar-refractivity contribution in [3.63, 3.8) is 0 Å². The highest BCUT2D eigenvalue weighted by Gasteiger charge is 2.14. The van der Waals surface area contributed by atoms with Gasteiger partial charge in [-0.1, -0.05) is 29.8 Å². The number of aliphatic hydroxyl groups is 1. The number of rotatable bonds is 3. The summed E-state index contributed by atoms with van der Waals surface area (Å²) in [6.45, 7) is 6.24. The van der Waals surface area contributed by atoms with Crippen LogP contribution in [0.2, 0.25) is 0 Å². The largest absolute Gasteiger partial charge is 0.458 e. The average molecular weight is 280 g/mol. The Bertz CT molecular complexity index is 783. The number of furan rings is 1. The molecule has 0 spiro atoms. The van der Waals surface area contributed by atoms with Crippen LogP contribution in [0.4, 0.5) is 0 Å². The molecule has 2 nitrogen and oxygen atoms in total. The molecule has 1 atom stereocenters. The fraction of sp³-hybridized carbons (Fsp3) is 0.263. The summed E-state index contributed by atoms with van der Waals surface area (Å²) in [5.74, 6) is 0.633. The molecule has 1 heterocycles. The lowest BCUT2D eigenvalue weighted by Crippen LogP contribution is -2.01. The second-order valence-electron chi connectivity index (χ2n) is 5.83. The number of hydrogen-bond donors (Lipinski definition) is 1. The minimum Gasteiger partial charge on any atom is -0.458 e. The summed E-state index contributed by atoms with van der Waals surface area (Å²) in [4.78, 5) is 0. The van der Waals surface area contributed by atoms with E-state index in [1.54, 1.807) is 0 Å². The van der Waals surface area contributed by atoms with Gasteiger partial charge < -0.3 is 9.52 Å². The van der Waals surface area contributed by atoms with Gasteiger partial charge in [0.15, 0.2) is 0 Å². The van der Waals surface area contributed by atoms with Crippen LogP contribution in [0.1, 0.15) is 34.1 Å². The SMILES string of the molecule is Cc1ccc2oc(C(O)Cc3ccc(C)c(C)c3)cc2c1. The topological polar surface area (TPSA) is 33.4 Å². The Kier molecular flexibility index (Phi) is 3.56. The van der Waals surface area contributed by atoms with Crippen LogP contribution < -0.4 is 0 Å². The highest BCUT2D eigenvalue weighted by molar-refractivity contribution is 5.78. The van der Waals surface area contributed by atoms with E-state index in [0.717, 1.165) is 16.5 Å². The van der Waals surface area contributed by atoms with Crippen LogP contribution in [-0.2, 0) is 6.42 Å². The maximum absolute atomic E-state index is 10.4. The molecule has 2 aromatic carbocycles. The zero-order chi connectivity index (χ0) is 15.0. The quantitative estimate of drug-likeness (QED) is 0.758. The van der Waals surface area contributed by atoms with E-state index in [-0.39, 0.29) is 0 Å². The van der Waals surface area contributed by atoms with Crippen molar-refractivity contribution in [3.8, 4) is 0 Å². The lowest BCUT2D eigenvalue weighted by atomic mass is 10.0. The highest BCUT2D eigenvalue weighted by atomic mass is 16.4. The van der Waals surface area contributed by atoms with Crippen molar-refractivity contribution in [1.82, 2.24) is 0 Å². The third-order valence-electron chi connectivity index (χ3n) is 4.02. The van der Waals surface area contributed by atoms with Gasteiger partial charge in [-0.2, -0.15) is 0 Å². The van der Waals surface area contributed by atoms with Gasteiger partial charge in [0.25, 0.3) is 0 Å². The van der Waals surface area contributed by atoms with Gasteiger partial charge in [-0.25, -0.2) is 0 Å². The Balaban J connectivity index is 1.85. The number of aryl methyl sites for hydroxylation is 3. The van der Waals surface area contributed by atoms with E-state index in [1.807, 2.05) is 18.2 Å². The molecule has 0 aliphatic heterocycles. The van der Waals surface area contributed by atoms with E-state index in [1.165, 1.54) is 16.7 Å². The van der Waals surface area contributed by atoms with Crippen molar-refractivity contribution >= 4 is 11.0 Å². The number of benzene rings is 2. The van der Waals surface area contributed by atoms with E-state index < -0.39 is 6.10 Å². The average Bonchev–Trinajstić information content (AvgIpc) is 2.86.